The number of carbonyl (C=O) groups is 2. The summed E-state index contributed by atoms with van der Waals surface area (Å²) in [6.07, 6.45) is 0. The van der Waals surface area contributed by atoms with Crippen LogP contribution < -0.4 is 15.8 Å². The van der Waals surface area contributed by atoms with E-state index in [0.717, 1.165) is 0 Å². The third-order valence-electron chi connectivity index (χ3n) is 3.07. The van der Waals surface area contributed by atoms with Crippen molar-refractivity contribution < 1.29 is 19.4 Å². The molecule has 0 bridgehead atoms. The second-order valence-electron chi connectivity index (χ2n) is 4.84. The van der Waals surface area contributed by atoms with Gasteiger partial charge in [-0.1, -0.05) is 5.22 Å². The van der Waals surface area contributed by atoms with E-state index >= 15 is 0 Å². The van der Waals surface area contributed by atoms with Gasteiger partial charge >= 0.3 is 5.97 Å². The normalized spacial score (nSPS) is 10.8. The topological polar surface area (TPSA) is 150 Å². The van der Waals surface area contributed by atoms with Gasteiger partial charge in [-0.05, 0) is 48.5 Å². The molecule has 0 aliphatic rings. The van der Waals surface area contributed by atoms with Gasteiger partial charge in [0.2, 0.25) is 0 Å². The molecule has 0 fully saturated rings. The molecule has 2 aromatic carbocycles. The SMILES string of the molecule is N=NN=C(N)COc1ccc(C(=O)Nc2ccc(C(=O)O)cc2)cc1. The number of benzene rings is 2. The molecule has 25 heavy (non-hydrogen) atoms. The van der Waals surface area contributed by atoms with Gasteiger partial charge in [-0.25, -0.2) is 4.79 Å². The molecular weight excluding hydrogens is 326 g/mol. The largest absolute Gasteiger partial charge is 0.486 e. The van der Waals surface area contributed by atoms with E-state index in [9.17, 15) is 9.59 Å². The molecule has 5 N–H and O–H groups in total. The Kier molecular flexibility index (Phi) is 5.77. The quantitative estimate of drug-likeness (QED) is 0.264. The van der Waals surface area contributed by atoms with Crippen LogP contribution in [0, 0.1) is 5.53 Å². The van der Waals surface area contributed by atoms with Crippen molar-refractivity contribution in [3.8, 4) is 5.75 Å². The van der Waals surface area contributed by atoms with Crippen molar-refractivity contribution in [2.75, 3.05) is 11.9 Å². The van der Waals surface area contributed by atoms with Crippen molar-refractivity contribution in [1.29, 1.82) is 5.53 Å². The summed E-state index contributed by atoms with van der Waals surface area (Å²) in [5, 5.41) is 17.6. The number of ether oxygens (including phenoxy) is 1. The Hall–Kier alpha value is -3.75. The molecule has 2 aromatic rings. The molecule has 1 amide bonds. The molecule has 2 rings (SSSR count). The molecule has 128 valence electrons. The predicted octanol–water partition coefficient (Wildman–Crippen LogP) is 2.32. The van der Waals surface area contributed by atoms with E-state index in [1.165, 1.54) is 24.3 Å². The summed E-state index contributed by atoms with van der Waals surface area (Å²) in [5.74, 6) is -0.841. The molecule has 9 heteroatoms. The van der Waals surface area contributed by atoms with Gasteiger partial charge in [0, 0.05) is 11.3 Å². The van der Waals surface area contributed by atoms with Crippen LogP contribution in [0.4, 0.5) is 5.69 Å². The molecule has 0 aliphatic heterocycles. The van der Waals surface area contributed by atoms with E-state index in [2.05, 4.69) is 15.6 Å². The number of nitrogens with one attached hydrogen (secondary N) is 2. The fraction of sp³-hybridized carbons (Fsp3) is 0.0625. The number of aromatic carboxylic acids is 1. The lowest BCUT2D eigenvalue weighted by molar-refractivity contribution is 0.0696. The molecule has 0 aliphatic carbocycles. The maximum absolute atomic E-state index is 12.2. The van der Waals surface area contributed by atoms with E-state index in [4.69, 9.17) is 21.1 Å². The fourth-order valence-corrected chi connectivity index (χ4v) is 1.85. The van der Waals surface area contributed by atoms with Gasteiger partial charge in [0.25, 0.3) is 5.91 Å². The summed E-state index contributed by atoms with van der Waals surface area (Å²) >= 11 is 0. The molecule has 0 unspecified atom stereocenters. The second-order valence-corrected chi connectivity index (χ2v) is 4.84. The number of anilines is 1. The number of carboxylic acid groups (broad SMARTS) is 1. The maximum Gasteiger partial charge on any atom is 0.335 e. The molecule has 0 heterocycles. The highest BCUT2D eigenvalue weighted by atomic mass is 16.5. The van der Waals surface area contributed by atoms with Crippen molar-refractivity contribution in [1.82, 2.24) is 0 Å². The molecule has 0 saturated carbocycles. The first-order chi connectivity index (χ1) is 12.0. The highest BCUT2D eigenvalue weighted by molar-refractivity contribution is 6.04. The fourth-order valence-electron chi connectivity index (χ4n) is 1.85. The van der Waals surface area contributed by atoms with Crippen LogP contribution in [-0.2, 0) is 0 Å². The van der Waals surface area contributed by atoms with Gasteiger partial charge < -0.3 is 20.9 Å². The Morgan fingerprint density at radius 2 is 1.68 bits per heavy atom. The zero-order chi connectivity index (χ0) is 18.2. The average molecular weight is 341 g/mol. The Morgan fingerprint density at radius 1 is 1.08 bits per heavy atom. The lowest BCUT2D eigenvalue weighted by Gasteiger charge is -2.08. The van der Waals surface area contributed by atoms with E-state index in [-0.39, 0.29) is 23.9 Å². The zero-order valence-corrected chi connectivity index (χ0v) is 13.0. The highest BCUT2D eigenvalue weighted by Gasteiger charge is 2.08. The summed E-state index contributed by atoms with van der Waals surface area (Å²) in [5.41, 5.74) is 13.0. The lowest BCUT2D eigenvalue weighted by Crippen LogP contribution is -2.20. The summed E-state index contributed by atoms with van der Waals surface area (Å²) in [6.45, 7) is -0.0240. The first-order valence-corrected chi connectivity index (χ1v) is 7.06. The minimum atomic E-state index is -1.03. The molecule has 0 spiro atoms. The third kappa shape index (κ3) is 5.13. The van der Waals surface area contributed by atoms with Crippen LogP contribution in [0.25, 0.3) is 0 Å². The van der Waals surface area contributed by atoms with Gasteiger partial charge in [-0.3, -0.25) is 4.79 Å². The number of hydrogen-bond acceptors (Lipinski definition) is 5. The van der Waals surface area contributed by atoms with Crippen LogP contribution in [0.3, 0.4) is 0 Å². The van der Waals surface area contributed by atoms with Crippen molar-refractivity contribution in [2.45, 2.75) is 0 Å². The van der Waals surface area contributed by atoms with Crippen LogP contribution in [0.5, 0.6) is 5.75 Å². The second kappa shape index (κ2) is 8.20. The number of amides is 1. The highest BCUT2D eigenvalue weighted by Crippen LogP contribution is 2.15. The molecule has 0 aromatic heterocycles. The number of carbonyl (C=O) groups excluding carboxylic acids is 1. The van der Waals surface area contributed by atoms with Crippen LogP contribution >= 0.6 is 0 Å². The van der Waals surface area contributed by atoms with Crippen LogP contribution in [0.1, 0.15) is 20.7 Å². The number of nitrogens with two attached hydrogens (primary N) is 1. The van der Waals surface area contributed by atoms with E-state index < -0.39 is 5.97 Å². The monoisotopic (exact) mass is 341 g/mol. The number of rotatable bonds is 7. The van der Waals surface area contributed by atoms with Crippen LogP contribution in [-0.4, -0.2) is 29.4 Å². The van der Waals surface area contributed by atoms with Crippen molar-refractivity contribution >= 4 is 23.4 Å². The van der Waals surface area contributed by atoms with Crippen molar-refractivity contribution in [3.63, 3.8) is 0 Å². The minimum Gasteiger partial charge on any atom is -0.486 e. The van der Waals surface area contributed by atoms with Crippen molar-refractivity contribution in [3.05, 3.63) is 59.7 Å². The Labute approximate surface area is 142 Å². The van der Waals surface area contributed by atoms with Gasteiger partial charge in [0.1, 0.15) is 12.4 Å². The van der Waals surface area contributed by atoms with E-state index in [0.29, 0.717) is 17.0 Å². The zero-order valence-electron chi connectivity index (χ0n) is 13.0. The molecular formula is C16H15N5O4. The van der Waals surface area contributed by atoms with E-state index in [1.54, 1.807) is 24.3 Å². The van der Waals surface area contributed by atoms with E-state index in [1.807, 2.05) is 0 Å². The van der Waals surface area contributed by atoms with Crippen LogP contribution in [0.15, 0.2) is 58.9 Å². The minimum absolute atomic E-state index is 0.0240. The smallest absolute Gasteiger partial charge is 0.335 e. The molecule has 0 saturated heterocycles. The van der Waals surface area contributed by atoms with Gasteiger partial charge in [-0.2, -0.15) is 5.53 Å². The Morgan fingerprint density at radius 3 is 2.24 bits per heavy atom. The summed E-state index contributed by atoms with van der Waals surface area (Å²) in [7, 11) is 0. The lowest BCUT2D eigenvalue weighted by atomic mass is 10.2. The first kappa shape index (κ1) is 17.6. The number of nitrogens with zero attached hydrogens (tertiary/aromatic N) is 2. The maximum atomic E-state index is 12.2. The molecule has 0 atom stereocenters. The Bertz CT molecular complexity index is 800. The Balaban J connectivity index is 1.96. The molecule has 9 nitrogen and oxygen atoms in total. The van der Waals surface area contributed by atoms with Crippen molar-refractivity contribution in [2.24, 2.45) is 16.1 Å². The summed E-state index contributed by atoms with van der Waals surface area (Å²) in [6, 6.07) is 12.2. The number of hydrogen-bond donors (Lipinski definition) is 4. The average Bonchev–Trinajstić information content (AvgIpc) is 2.61. The summed E-state index contributed by atoms with van der Waals surface area (Å²) < 4.78 is 5.32. The van der Waals surface area contributed by atoms with Crippen LogP contribution in [0.2, 0.25) is 0 Å². The van der Waals surface area contributed by atoms with Gasteiger partial charge in [0.05, 0.1) is 5.56 Å². The predicted molar refractivity (Wildman–Crippen MR) is 90.1 cm³/mol. The van der Waals surface area contributed by atoms with Gasteiger partial charge in [0.15, 0.2) is 5.84 Å². The standard InChI is InChI=1S/C16H15N5O4/c17-14(20-21-18)9-25-13-7-3-10(4-8-13)15(22)19-12-5-1-11(2-6-12)16(23)24/h1-8H,9H2,(H,19,22)(H,23,24)(H3,17,18,20). The number of amidine groups is 1. The number of carboxylic acids is 1. The first-order valence-electron chi connectivity index (χ1n) is 7.06. The molecule has 0 radical (unpaired) electrons. The third-order valence-corrected chi connectivity index (χ3v) is 3.07. The summed E-state index contributed by atoms with van der Waals surface area (Å²) in [4.78, 5) is 22.9. The van der Waals surface area contributed by atoms with Gasteiger partial charge in [-0.15, -0.1) is 5.10 Å².